The second-order valence-corrected chi connectivity index (χ2v) is 17.9. The number of rotatable bonds is 8. The van der Waals surface area contributed by atoms with Crippen LogP contribution in [0.1, 0.15) is 0 Å². The van der Waals surface area contributed by atoms with Gasteiger partial charge in [-0.15, -0.1) is 11.3 Å². The first-order valence-corrected chi connectivity index (χ1v) is 23.3. The van der Waals surface area contributed by atoms with E-state index in [4.69, 9.17) is 0 Å². The standard InChI is InChI=1S/C62H41N3S/c1-4-18-42(19-5-1)49-24-14-16-30-57(49)64(48-37-39-56-60(41-48)66-62-55-29-13-11-26-51(55)50-25-10-12-28-54(50)61(56)62)46-34-32-45(33-35-46)63(43-20-6-2-7-21-43)47-36-38-53-52-27-15-17-31-58(52)65(59(53)40-47)44-22-8-3-9-23-44/h1-41H. The molecule has 0 atom stereocenters. The lowest BCUT2D eigenvalue weighted by atomic mass is 9.97. The Bertz CT molecular complexity index is 3930. The van der Waals surface area contributed by atoms with Crippen molar-refractivity contribution in [3.05, 3.63) is 249 Å². The van der Waals surface area contributed by atoms with Gasteiger partial charge in [0.15, 0.2) is 0 Å². The van der Waals surface area contributed by atoms with Crippen LogP contribution in [0.4, 0.5) is 34.1 Å². The van der Waals surface area contributed by atoms with Gasteiger partial charge in [-0.05, 0) is 107 Å². The van der Waals surface area contributed by atoms with Gasteiger partial charge in [0, 0.05) is 76.0 Å². The Morgan fingerprint density at radius 3 is 1.56 bits per heavy atom. The van der Waals surface area contributed by atoms with Crippen molar-refractivity contribution in [2.24, 2.45) is 0 Å². The molecule has 13 rings (SSSR count). The number of nitrogens with zero attached hydrogens (tertiary/aromatic N) is 3. The lowest BCUT2D eigenvalue weighted by Crippen LogP contribution is -2.13. The molecule has 0 aliphatic rings. The molecule has 4 heteroatoms. The van der Waals surface area contributed by atoms with Crippen LogP contribution < -0.4 is 9.80 Å². The van der Waals surface area contributed by atoms with E-state index in [1.54, 1.807) is 0 Å². The maximum absolute atomic E-state index is 2.43. The van der Waals surface area contributed by atoms with E-state index in [1.165, 1.54) is 74.6 Å². The van der Waals surface area contributed by atoms with Crippen LogP contribution in [0.3, 0.4) is 0 Å². The van der Waals surface area contributed by atoms with Gasteiger partial charge in [-0.25, -0.2) is 0 Å². The summed E-state index contributed by atoms with van der Waals surface area (Å²) in [6.07, 6.45) is 0. The first-order valence-electron chi connectivity index (χ1n) is 22.5. The molecule has 0 spiro atoms. The maximum Gasteiger partial charge on any atom is 0.0561 e. The molecule has 0 aliphatic carbocycles. The van der Waals surface area contributed by atoms with Crippen molar-refractivity contribution in [2.45, 2.75) is 0 Å². The van der Waals surface area contributed by atoms with Crippen LogP contribution in [0.5, 0.6) is 0 Å². The minimum absolute atomic E-state index is 1.07. The predicted octanol–water partition coefficient (Wildman–Crippen LogP) is 18.1. The first kappa shape index (κ1) is 38.1. The van der Waals surface area contributed by atoms with Gasteiger partial charge >= 0.3 is 0 Å². The van der Waals surface area contributed by atoms with E-state index in [2.05, 4.69) is 263 Å². The lowest BCUT2D eigenvalue weighted by molar-refractivity contribution is 1.18. The van der Waals surface area contributed by atoms with Crippen LogP contribution >= 0.6 is 11.3 Å². The highest BCUT2D eigenvalue weighted by Crippen LogP contribution is 2.48. The Morgan fingerprint density at radius 2 is 0.818 bits per heavy atom. The van der Waals surface area contributed by atoms with Crippen LogP contribution in [-0.4, -0.2) is 4.57 Å². The smallest absolute Gasteiger partial charge is 0.0561 e. The summed E-state index contributed by atoms with van der Waals surface area (Å²) in [5.41, 5.74) is 12.4. The third kappa shape index (κ3) is 6.18. The molecule has 3 nitrogen and oxygen atoms in total. The Balaban J connectivity index is 0.988. The van der Waals surface area contributed by atoms with Crippen molar-refractivity contribution in [1.82, 2.24) is 4.57 Å². The highest BCUT2D eigenvalue weighted by Gasteiger charge is 2.22. The zero-order valence-corrected chi connectivity index (χ0v) is 36.7. The molecule has 0 radical (unpaired) electrons. The average Bonchev–Trinajstić information content (AvgIpc) is 3.94. The number of anilines is 6. The average molecular weight is 860 g/mol. The molecule has 2 heterocycles. The van der Waals surface area contributed by atoms with Gasteiger partial charge in [0.25, 0.3) is 0 Å². The number of aromatic nitrogens is 1. The minimum Gasteiger partial charge on any atom is -0.310 e. The highest BCUT2D eigenvalue weighted by atomic mass is 32.1. The first-order chi connectivity index (χ1) is 32.8. The summed E-state index contributed by atoms with van der Waals surface area (Å²) in [6.45, 7) is 0. The molecule has 0 saturated heterocycles. The van der Waals surface area contributed by atoms with Crippen molar-refractivity contribution in [1.29, 1.82) is 0 Å². The molecule has 0 bridgehead atoms. The van der Waals surface area contributed by atoms with E-state index in [9.17, 15) is 0 Å². The second kappa shape index (κ2) is 15.7. The van der Waals surface area contributed by atoms with Gasteiger partial charge < -0.3 is 14.4 Å². The Labute approximate surface area is 386 Å². The number of hydrogen-bond acceptors (Lipinski definition) is 3. The highest BCUT2D eigenvalue weighted by molar-refractivity contribution is 7.27. The van der Waals surface area contributed by atoms with Gasteiger partial charge in [-0.3, -0.25) is 0 Å². The molecular weight excluding hydrogens is 819 g/mol. The third-order valence-electron chi connectivity index (χ3n) is 13.1. The molecule has 2 aromatic heterocycles. The van der Waals surface area contributed by atoms with Gasteiger partial charge in [0.05, 0.1) is 16.7 Å². The molecule has 0 amide bonds. The minimum atomic E-state index is 1.07. The van der Waals surface area contributed by atoms with Crippen molar-refractivity contribution in [2.75, 3.05) is 9.80 Å². The van der Waals surface area contributed by atoms with Crippen LogP contribution in [0.15, 0.2) is 249 Å². The largest absolute Gasteiger partial charge is 0.310 e. The molecular formula is C62H41N3S. The summed E-state index contributed by atoms with van der Waals surface area (Å²) in [7, 11) is 0. The molecule has 11 aromatic carbocycles. The van der Waals surface area contributed by atoms with Crippen LogP contribution in [0, 0.1) is 0 Å². The topological polar surface area (TPSA) is 11.4 Å². The quantitative estimate of drug-likeness (QED) is 0.141. The molecule has 0 fully saturated rings. The van der Waals surface area contributed by atoms with Crippen LogP contribution in [-0.2, 0) is 0 Å². The molecule has 310 valence electrons. The Hall–Kier alpha value is -8.44. The number of para-hydroxylation sites is 4. The fourth-order valence-electron chi connectivity index (χ4n) is 10.2. The van der Waals surface area contributed by atoms with Gasteiger partial charge in [0.2, 0.25) is 0 Å². The van der Waals surface area contributed by atoms with E-state index in [0.717, 1.165) is 39.8 Å². The molecule has 0 N–H and O–H groups in total. The van der Waals surface area contributed by atoms with Crippen molar-refractivity contribution in [3.63, 3.8) is 0 Å². The zero-order valence-electron chi connectivity index (χ0n) is 35.9. The maximum atomic E-state index is 2.43. The summed E-state index contributed by atoms with van der Waals surface area (Å²) in [5, 5.41) is 10.3. The summed E-state index contributed by atoms with van der Waals surface area (Å²) < 4.78 is 4.99. The van der Waals surface area contributed by atoms with Crippen molar-refractivity contribution >= 4 is 109 Å². The summed E-state index contributed by atoms with van der Waals surface area (Å²) >= 11 is 1.90. The molecule has 66 heavy (non-hydrogen) atoms. The Morgan fingerprint density at radius 1 is 0.318 bits per heavy atom. The summed E-state index contributed by atoms with van der Waals surface area (Å²) in [4.78, 5) is 4.81. The normalized spacial score (nSPS) is 11.6. The SMILES string of the molecule is c1ccc(-c2ccccc2N(c2ccc(N(c3ccccc3)c3ccc4c5ccccc5n(-c5ccccc5)c4c3)cc2)c2ccc3c(c2)sc2c4ccccc4c4ccccc4c32)cc1. The van der Waals surface area contributed by atoms with Gasteiger partial charge in [-0.2, -0.15) is 0 Å². The summed E-state index contributed by atoms with van der Waals surface area (Å²) in [6, 6.07) is 90.5. The van der Waals surface area contributed by atoms with Gasteiger partial charge in [0.1, 0.15) is 0 Å². The fraction of sp³-hybridized carbons (Fsp3) is 0. The molecule has 0 aliphatic heterocycles. The zero-order chi connectivity index (χ0) is 43.6. The van der Waals surface area contributed by atoms with E-state index in [1.807, 2.05) is 11.3 Å². The van der Waals surface area contributed by atoms with E-state index in [0.29, 0.717) is 0 Å². The third-order valence-corrected chi connectivity index (χ3v) is 14.3. The van der Waals surface area contributed by atoms with Crippen LogP contribution in [0.2, 0.25) is 0 Å². The lowest BCUT2D eigenvalue weighted by Gasteiger charge is -2.29. The molecule has 13 aromatic rings. The molecule has 0 unspecified atom stereocenters. The Kier molecular flexibility index (Phi) is 9.03. The predicted molar refractivity (Wildman–Crippen MR) is 283 cm³/mol. The van der Waals surface area contributed by atoms with Crippen molar-refractivity contribution < 1.29 is 0 Å². The van der Waals surface area contributed by atoms with Crippen molar-refractivity contribution in [3.8, 4) is 16.8 Å². The van der Waals surface area contributed by atoms with Gasteiger partial charge in [-0.1, -0.05) is 164 Å². The number of benzene rings is 11. The monoisotopic (exact) mass is 859 g/mol. The van der Waals surface area contributed by atoms with E-state index in [-0.39, 0.29) is 0 Å². The number of hydrogen-bond donors (Lipinski definition) is 0. The molecule has 0 saturated carbocycles. The summed E-state index contributed by atoms with van der Waals surface area (Å²) in [5.74, 6) is 0. The van der Waals surface area contributed by atoms with E-state index >= 15 is 0 Å². The van der Waals surface area contributed by atoms with Crippen LogP contribution in [0.25, 0.3) is 80.3 Å². The van der Waals surface area contributed by atoms with E-state index < -0.39 is 0 Å². The second-order valence-electron chi connectivity index (χ2n) is 16.9. The number of fused-ring (bicyclic) bond motifs is 11. The number of thiophene rings is 1. The fourth-order valence-corrected chi connectivity index (χ4v) is 11.5.